The summed E-state index contributed by atoms with van der Waals surface area (Å²) in [5.74, 6) is 1.91. The Morgan fingerprint density at radius 2 is 1.79 bits per heavy atom. The lowest BCUT2D eigenvalue weighted by Crippen LogP contribution is -2.24. The highest BCUT2D eigenvalue weighted by atomic mass is 16.1. The van der Waals surface area contributed by atoms with Crippen LogP contribution in [0.2, 0.25) is 0 Å². The molecule has 106 valence electrons. The zero-order valence-electron chi connectivity index (χ0n) is 12.7. The lowest BCUT2D eigenvalue weighted by molar-refractivity contribution is 0.101. The molecule has 3 nitrogen and oxygen atoms in total. The molecule has 0 saturated carbocycles. The van der Waals surface area contributed by atoms with Gasteiger partial charge in [0.2, 0.25) is 0 Å². The van der Waals surface area contributed by atoms with E-state index in [0.717, 1.165) is 12.2 Å². The Kier molecular flexibility index (Phi) is 5.40. The molecule has 3 N–H and O–H groups in total. The molecule has 1 aromatic rings. The number of anilines is 2. The van der Waals surface area contributed by atoms with Crippen LogP contribution >= 0.6 is 0 Å². The molecule has 1 rings (SSSR count). The number of carbonyl (C=O) groups is 1. The van der Waals surface area contributed by atoms with Crippen LogP contribution in [0.15, 0.2) is 18.2 Å². The van der Waals surface area contributed by atoms with Crippen LogP contribution in [0.4, 0.5) is 11.4 Å². The van der Waals surface area contributed by atoms with E-state index in [2.05, 4.69) is 33.0 Å². The number of hydrogen-bond donors (Lipinski definition) is 2. The minimum atomic E-state index is 0.00582. The van der Waals surface area contributed by atoms with Gasteiger partial charge in [-0.25, -0.2) is 0 Å². The topological polar surface area (TPSA) is 55.1 Å². The third kappa shape index (κ3) is 4.27. The van der Waals surface area contributed by atoms with E-state index in [1.54, 1.807) is 6.07 Å². The van der Waals surface area contributed by atoms with Crippen molar-refractivity contribution in [1.82, 2.24) is 0 Å². The van der Waals surface area contributed by atoms with Gasteiger partial charge in [0.25, 0.3) is 0 Å². The molecule has 19 heavy (non-hydrogen) atoms. The van der Waals surface area contributed by atoms with Crippen LogP contribution in [0.3, 0.4) is 0 Å². The number of nitrogens with two attached hydrogens (primary N) is 1. The van der Waals surface area contributed by atoms with Crippen LogP contribution in [-0.2, 0) is 0 Å². The highest BCUT2D eigenvalue weighted by Gasteiger charge is 2.17. The molecule has 0 spiro atoms. The zero-order valence-corrected chi connectivity index (χ0v) is 12.7. The van der Waals surface area contributed by atoms with Gasteiger partial charge >= 0.3 is 0 Å². The van der Waals surface area contributed by atoms with Crippen LogP contribution in [0.25, 0.3) is 0 Å². The van der Waals surface area contributed by atoms with E-state index in [4.69, 9.17) is 5.73 Å². The Morgan fingerprint density at radius 3 is 2.21 bits per heavy atom. The molecule has 3 heteroatoms. The van der Waals surface area contributed by atoms with Crippen molar-refractivity contribution in [3.63, 3.8) is 0 Å². The highest BCUT2D eigenvalue weighted by Crippen LogP contribution is 2.23. The van der Waals surface area contributed by atoms with Gasteiger partial charge in [-0.2, -0.15) is 0 Å². The average molecular weight is 262 g/mol. The second-order valence-corrected chi connectivity index (χ2v) is 5.89. The predicted molar refractivity (Wildman–Crippen MR) is 82.5 cm³/mol. The van der Waals surface area contributed by atoms with Crippen LogP contribution in [-0.4, -0.2) is 12.3 Å². The van der Waals surface area contributed by atoms with Gasteiger partial charge in [-0.1, -0.05) is 27.7 Å². The summed E-state index contributed by atoms with van der Waals surface area (Å²) in [6.45, 7) is 11.5. The number of benzene rings is 1. The molecule has 0 amide bonds. The summed E-state index contributed by atoms with van der Waals surface area (Å²) in [4.78, 5) is 11.3. The summed E-state index contributed by atoms with van der Waals surface area (Å²) >= 11 is 0. The molecule has 0 aliphatic heterocycles. The maximum atomic E-state index is 11.3. The van der Waals surface area contributed by atoms with E-state index in [1.165, 1.54) is 6.92 Å². The molecule has 0 saturated heterocycles. The third-order valence-corrected chi connectivity index (χ3v) is 3.69. The summed E-state index contributed by atoms with van der Waals surface area (Å²) < 4.78 is 0. The zero-order chi connectivity index (χ0) is 14.6. The van der Waals surface area contributed by atoms with Crippen molar-refractivity contribution in [3.05, 3.63) is 23.8 Å². The Bertz CT molecular complexity index is 430. The molecule has 0 aliphatic rings. The highest BCUT2D eigenvalue weighted by molar-refractivity contribution is 5.99. The minimum absolute atomic E-state index is 0.00582. The first kappa shape index (κ1) is 15.5. The lowest BCUT2D eigenvalue weighted by atomic mass is 9.85. The number of nitrogen functional groups attached to an aromatic ring is 1. The van der Waals surface area contributed by atoms with Crippen molar-refractivity contribution in [2.24, 2.45) is 17.8 Å². The Hall–Kier alpha value is -1.51. The molecular formula is C16H26N2O. The van der Waals surface area contributed by atoms with Crippen LogP contribution < -0.4 is 11.1 Å². The monoisotopic (exact) mass is 262 g/mol. The van der Waals surface area contributed by atoms with E-state index in [9.17, 15) is 4.79 Å². The molecule has 0 heterocycles. The number of rotatable bonds is 6. The van der Waals surface area contributed by atoms with Crippen molar-refractivity contribution >= 4 is 17.2 Å². The lowest BCUT2D eigenvalue weighted by Gasteiger charge is -2.25. The van der Waals surface area contributed by atoms with Crippen LogP contribution in [0.1, 0.15) is 45.0 Å². The summed E-state index contributed by atoms with van der Waals surface area (Å²) in [6.07, 6.45) is 0. The maximum Gasteiger partial charge on any atom is 0.161 e. The number of nitrogens with one attached hydrogen (secondary N) is 1. The summed E-state index contributed by atoms with van der Waals surface area (Å²) in [5, 5.41) is 3.42. The normalized spacial score (nSPS) is 11.4. The Labute approximate surface area is 116 Å². The molecule has 0 unspecified atom stereocenters. The summed E-state index contributed by atoms with van der Waals surface area (Å²) in [6, 6.07) is 5.55. The van der Waals surface area contributed by atoms with Gasteiger partial charge in [0.1, 0.15) is 0 Å². The predicted octanol–water partition coefficient (Wildman–Crippen LogP) is 3.81. The van der Waals surface area contributed by atoms with Gasteiger partial charge < -0.3 is 11.1 Å². The Balaban J connectivity index is 2.73. The number of carbonyl (C=O) groups excluding carboxylic acids is 1. The van der Waals surface area contributed by atoms with Gasteiger partial charge in [-0.05, 0) is 42.9 Å². The van der Waals surface area contributed by atoms with E-state index in [-0.39, 0.29) is 5.78 Å². The quantitative estimate of drug-likeness (QED) is 0.605. The fraction of sp³-hybridized carbons (Fsp3) is 0.562. The molecule has 0 aromatic heterocycles. The van der Waals surface area contributed by atoms with E-state index >= 15 is 0 Å². The fourth-order valence-electron chi connectivity index (χ4n) is 2.47. The summed E-state index contributed by atoms with van der Waals surface area (Å²) in [5.41, 5.74) is 8.00. The van der Waals surface area contributed by atoms with Crippen molar-refractivity contribution < 1.29 is 4.79 Å². The van der Waals surface area contributed by atoms with Crippen LogP contribution in [0, 0.1) is 17.8 Å². The molecule has 0 aliphatic carbocycles. The number of hydrogen-bond acceptors (Lipinski definition) is 3. The first-order chi connectivity index (χ1) is 8.82. The average Bonchev–Trinajstić information content (AvgIpc) is 2.27. The van der Waals surface area contributed by atoms with Crippen molar-refractivity contribution in [3.8, 4) is 0 Å². The smallest absolute Gasteiger partial charge is 0.161 e. The third-order valence-electron chi connectivity index (χ3n) is 3.69. The van der Waals surface area contributed by atoms with Gasteiger partial charge in [0.05, 0.1) is 0 Å². The number of ketones is 1. The standard InChI is InChI=1S/C16H26N2O/c1-10(2)15(11(3)4)9-18-13-6-7-14(12(5)19)16(17)8-13/h6-8,10-11,15,18H,9,17H2,1-5H3. The molecular weight excluding hydrogens is 236 g/mol. The molecule has 0 bridgehead atoms. The maximum absolute atomic E-state index is 11.3. The molecule has 1 aromatic carbocycles. The second kappa shape index (κ2) is 6.60. The van der Waals surface area contributed by atoms with Crippen LogP contribution in [0.5, 0.6) is 0 Å². The van der Waals surface area contributed by atoms with Gasteiger partial charge in [0, 0.05) is 23.5 Å². The van der Waals surface area contributed by atoms with E-state index in [0.29, 0.717) is 29.0 Å². The first-order valence-corrected chi connectivity index (χ1v) is 6.97. The van der Waals surface area contributed by atoms with Crippen molar-refractivity contribution in [2.45, 2.75) is 34.6 Å². The molecule has 0 fully saturated rings. The largest absolute Gasteiger partial charge is 0.398 e. The molecule has 0 atom stereocenters. The fourth-order valence-corrected chi connectivity index (χ4v) is 2.47. The minimum Gasteiger partial charge on any atom is -0.398 e. The first-order valence-electron chi connectivity index (χ1n) is 6.97. The van der Waals surface area contributed by atoms with Crippen molar-refractivity contribution in [2.75, 3.05) is 17.6 Å². The Morgan fingerprint density at radius 1 is 1.21 bits per heavy atom. The second-order valence-electron chi connectivity index (χ2n) is 5.89. The van der Waals surface area contributed by atoms with Crippen molar-refractivity contribution in [1.29, 1.82) is 0 Å². The van der Waals surface area contributed by atoms with Gasteiger partial charge in [-0.3, -0.25) is 4.79 Å². The van der Waals surface area contributed by atoms with Gasteiger partial charge in [-0.15, -0.1) is 0 Å². The van der Waals surface area contributed by atoms with Gasteiger partial charge in [0.15, 0.2) is 5.78 Å². The number of Topliss-reactive ketones (excluding diaryl/α,β-unsaturated/α-hetero) is 1. The summed E-state index contributed by atoms with van der Waals surface area (Å²) in [7, 11) is 0. The van der Waals surface area contributed by atoms with E-state index in [1.807, 2.05) is 12.1 Å². The van der Waals surface area contributed by atoms with E-state index < -0.39 is 0 Å². The molecule has 0 radical (unpaired) electrons. The SMILES string of the molecule is CC(=O)c1ccc(NCC(C(C)C)C(C)C)cc1N.